The molecule has 3 aromatic rings. The van der Waals surface area contributed by atoms with Crippen molar-refractivity contribution in [2.24, 2.45) is 0 Å². The second-order valence-corrected chi connectivity index (χ2v) is 8.30. The van der Waals surface area contributed by atoms with E-state index in [1.54, 1.807) is 12.4 Å². The van der Waals surface area contributed by atoms with Gasteiger partial charge in [0.2, 0.25) is 5.95 Å². The van der Waals surface area contributed by atoms with Crippen molar-refractivity contribution in [3.05, 3.63) is 71.2 Å². The molecule has 166 valence electrons. The zero-order valence-corrected chi connectivity index (χ0v) is 17.4. The molecule has 9 heteroatoms. The third-order valence-electron chi connectivity index (χ3n) is 5.72. The zero-order valence-electron chi connectivity index (χ0n) is 17.4. The van der Waals surface area contributed by atoms with Crippen molar-refractivity contribution in [3.63, 3.8) is 0 Å². The number of halogens is 3. The lowest BCUT2D eigenvalue weighted by Crippen LogP contribution is -2.30. The second kappa shape index (κ2) is 8.38. The molecule has 0 amide bonds. The Balaban J connectivity index is 1.33. The summed E-state index contributed by atoms with van der Waals surface area (Å²) in [7, 11) is 0. The van der Waals surface area contributed by atoms with E-state index >= 15 is 0 Å². The Kier molecular flexibility index (Phi) is 5.42. The number of nitrogens with one attached hydrogen (secondary N) is 2. The van der Waals surface area contributed by atoms with Crippen molar-refractivity contribution in [3.8, 4) is 0 Å². The van der Waals surface area contributed by atoms with Gasteiger partial charge in [-0.3, -0.25) is 9.88 Å². The van der Waals surface area contributed by atoms with Crippen LogP contribution in [0.25, 0.3) is 0 Å². The SMILES string of the molecule is FC(F)(F)c1cnc(Nc2ccc3c(c2)CN(Cc2ccncc2)CC3)nc1NC1CC1. The van der Waals surface area contributed by atoms with Gasteiger partial charge in [-0.2, -0.15) is 18.2 Å². The fourth-order valence-corrected chi connectivity index (χ4v) is 3.88. The highest BCUT2D eigenvalue weighted by Gasteiger charge is 2.36. The van der Waals surface area contributed by atoms with E-state index in [1.165, 1.54) is 16.7 Å². The van der Waals surface area contributed by atoms with Crippen molar-refractivity contribution in [1.29, 1.82) is 0 Å². The van der Waals surface area contributed by atoms with Crippen LogP contribution < -0.4 is 10.6 Å². The van der Waals surface area contributed by atoms with Crippen LogP contribution in [0.3, 0.4) is 0 Å². The Morgan fingerprint density at radius 3 is 2.62 bits per heavy atom. The lowest BCUT2D eigenvalue weighted by atomic mass is 9.98. The van der Waals surface area contributed by atoms with Gasteiger partial charge in [-0.05, 0) is 60.2 Å². The highest BCUT2D eigenvalue weighted by atomic mass is 19.4. The van der Waals surface area contributed by atoms with Crippen LogP contribution in [0.2, 0.25) is 0 Å². The smallest absolute Gasteiger partial charge is 0.367 e. The topological polar surface area (TPSA) is 66.0 Å². The van der Waals surface area contributed by atoms with Gasteiger partial charge in [-0.25, -0.2) is 4.98 Å². The summed E-state index contributed by atoms with van der Waals surface area (Å²) in [4.78, 5) is 14.5. The number of anilines is 3. The summed E-state index contributed by atoms with van der Waals surface area (Å²) in [5.74, 6) is -0.0236. The summed E-state index contributed by atoms with van der Waals surface area (Å²) in [6, 6.07) is 10.1. The lowest BCUT2D eigenvalue weighted by molar-refractivity contribution is -0.137. The monoisotopic (exact) mass is 440 g/mol. The molecule has 0 bridgehead atoms. The Morgan fingerprint density at radius 1 is 1.06 bits per heavy atom. The molecule has 1 aliphatic carbocycles. The van der Waals surface area contributed by atoms with E-state index in [1.807, 2.05) is 24.3 Å². The predicted octanol–water partition coefficient (Wildman–Crippen LogP) is 4.77. The van der Waals surface area contributed by atoms with Crippen molar-refractivity contribution in [2.75, 3.05) is 17.2 Å². The number of aromatic nitrogens is 3. The van der Waals surface area contributed by atoms with E-state index < -0.39 is 11.7 Å². The first-order chi connectivity index (χ1) is 15.4. The highest BCUT2D eigenvalue weighted by molar-refractivity contribution is 5.59. The summed E-state index contributed by atoms with van der Waals surface area (Å²) in [5, 5.41) is 5.95. The quantitative estimate of drug-likeness (QED) is 0.576. The Bertz CT molecular complexity index is 1100. The van der Waals surface area contributed by atoms with Gasteiger partial charge in [0.15, 0.2) is 0 Å². The molecule has 1 saturated carbocycles. The molecule has 32 heavy (non-hydrogen) atoms. The normalized spacial score (nSPS) is 16.5. The number of rotatable bonds is 6. The van der Waals surface area contributed by atoms with Gasteiger partial charge in [0.25, 0.3) is 0 Å². The van der Waals surface area contributed by atoms with Crippen LogP contribution in [0.15, 0.2) is 48.9 Å². The molecule has 2 N–H and O–H groups in total. The maximum Gasteiger partial charge on any atom is 0.421 e. The van der Waals surface area contributed by atoms with Gasteiger partial charge in [-0.1, -0.05) is 6.07 Å². The van der Waals surface area contributed by atoms with Gasteiger partial charge in [-0.15, -0.1) is 0 Å². The number of benzene rings is 1. The molecule has 1 aromatic carbocycles. The van der Waals surface area contributed by atoms with E-state index in [-0.39, 0.29) is 17.8 Å². The molecule has 2 aromatic heterocycles. The molecule has 1 fully saturated rings. The zero-order chi connectivity index (χ0) is 22.1. The van der Waals surface area contributed by atoms with Gasteiger partial charge in [0.05, 0.1) is 0 Å². The standard InChI is InChI=1S/C23H23F3N6/c24-23(25,26)20-12-28-22(31-21(20)29-18-3-4-18)30-19-2-1-16-7-10-32(14-17(16)11-19)13-15-5-8-27-9-6-15/h1-2,5-6,8-9,11-12,18H,3-4,7,10,13-14H2,(H2,28,29,30,31). The van der Waals surface area contributed by atoms with Crippen LogP contribution >= 0.6 is 0 Å². The molecule has 3 heterocycles. The van der Waals surface area contributed by atoms with E-state index in [4.69, 9.17) is 0 Å². The Morgan fingerprint density at radius 2 is 1.88 bits per heavy atom. The lowest BCUT2D eigenvalue weighted by Gasteiger charge is -2.29. The van der Waals surface area contributed by atoms with Crippen LogP contribution in [0, 0.1) is 0 Å². The summed E-state index contributed by atoms with van der Waals surface area (Å²) < 4.78 is 39.9. The van der Waals surface area contributed by atoms with Crippen LogP contribution in [0.5, 0.6) is 0 Å². The summed E-state index contributed by atoms with van der Waals surface area (Å²) in [5.41, 5.74) is 3.61. The maximum absolute atomic E-state index is 13.3. The fraction of sp³-hybridized carbons (Fsp3) is 0.348. The van der Waals surface area contributed by atoms with Crippen LogP contribution in [0.1, 0.15) is 35.1 Å². The predicted molar refractivity (Wildman–Crippen MR) is 115 cm³/mol. The van der Waals surface area contributed by atoms with Gasteiger partial charge in [0.1, 0.15) is 11.4 Å². The summed E-state index contributed by atoms with van der Waals surface area (Å²) >= 11 is 0. The Hall–Kier alpha value is -3.20. The highest BCUT2D eigenvalue weighted by Crippen LogP contribution is 2.36. The Labute approximate surface area is 183 Å². The van der Waals surface area contributed by atoms with E-state index in [0.29, 0.717) is 0 Å². The first-order valence-corrected chi connectivity index (χ1v) is 10.6. The molecule has 5 rings (SSSR count). The molecule has 0 unspecified atom stereocenters. The summed E-state index contributed by atoms with van der Waals surface area (Å²) in [6.07, 6.45) is 2.59. The number of nitrogens with zero attached hydrogens (tertiary/aromatic N) is 4. The van der Waals surface area contributed by atoms with Gasteiger partial charge in [0, 0.05) is 50.0 Å². The van der Waals surface area contributed by atoms with E-state index in [2.05, 4.69) is 36.6 Å². The van der Waals surface area contributed by atoms with E-state index in [9.17, 15) is 13.2 Å². The third kappa shape index (κ3) is 4.83. The maximum atomic E-state index is 13.3. The second-order valence-electron chi connectivity index (χ2n) is 8.30. The van der Waals surface area contributed by atoms with Gasteiger partial charge >= 0.3 is 6.18 Å². The minimum Gasteiger partial charge on any atom is -0.367 e. The third-order valence-corrected chi connectivity index (χ3v) is 5.72. The average Bonchev–Trinajstić information content (AvgIpc) is 3.58. The van der Waals surface area contributed by atoms with Gasteiger partial charge < -0.3 is 10.6 Å². The fourth-order valence-electron chi connectivity index (χ4n) is 3.88. The van der Waals surface area contributed by atoms with Crippen molar-refractivity contribution in [1.82, 2.24) is 19.9 Å². The number of fused-ring (bicyclic) bond motifs is 1. The number of hydrogen-bond acceptors (Lipinski definition) is 6. The molecule has 1 aliphatic heterocycles. The summed E-state index contributed by atoms with van der Waals surface area (Å²) in [6.45, 7) is 2.62. The average molecular weight is 440 g/mol. The first-order valence-electron chi connectivity index (χ1n) is 10.6. The van der Waals surface area contributed by atoms with Crippen LogP contribution in [-0.2, 0) is 25.7 Å². The molecule has 2 aliphatic rings. The molecule has 0 radical (unpaired) electrons. The minimum atomic E-state index is -4.50. The van der Waals surface area contributed by atoms with Crippen LogP contribution in [-0.4, -0.2) is 32.4 Å². The van der Waals surface area contributed by atoms with Crippen molar-refractivity contribution >= 4 is 17.5 Å². The molecule has 6 nitrogen and oxygen atoms in total. The molecule has 0 spiro atoms. The first kappa shape index (κ1) is 20.7. The largest absolute Gasteiger partial charge is 0.421 e. The minimum absolute atomic E-state index is 0.0500. The van der Waals surface area contributed by atoms with Crippen LogP contribution in [0.4, 0.5) is 30.6 Å². The molecule has 0 saturated heterocycles. The van der Waals surface area contributed by atoms with Crippen molar-refractivity contribution in [2.45, 2.75) is 44.6 Å². The number of pyridine rings is 1. The number of alkyl halides is 3. The molecular weight excluding hydrogens is 417 g/mol. The number of hydrogen-bond donors (Lipinski definition) is 2. The molecule has 0 atom stereocenters. The van der Waals surface area contributed by atoms with Crippen molar-refractivity contribution < 1.29 is 13.2 Å². The van der Waals surface area contributed by atoms with E-state index in [0.717, 1.165) is 50.8 Å². The molecular formula is C23H23F3N6.